The van der Waals surface area contributed by atoms with E-state index >= 15 is 0 Å². The summed E-state index contributed by atoms with van der Waals surface area (Å²) in [6.45, 7) is 2.95. The second-order valence-corrected chi connectivity index (χ2v) is 11.1. The monoisotopic (exact) mass is 481 g/mol. The largest absolute Gasteiger partial charge is 0.497 e. The summed E-state index contributed by atoms with van der Waals surface area (Å²) in [4.78, 5) is 28.5. The quantitative estimate of drug-likeness (QED) is 0.611. The molecule has 1 heterocycles. The number of hydrogen-bond acceptors (Lipinski definition) is 6. The third-order valence-electron chi connectivity index (χ3n) is 6.42. The molecule has 184 valence electrons. The maximum Gasteiger partial charge on any atom is 0.247 e. The lowest BCUT2D eigenvalue weighted by molar-refractivity contribution is -0.133. The molecular formula is C23H35N3O6S. The predicted molar refractivity (Wildman–Crippen MR) is 126 cm³/mol. The number of hydrogen-bond donors (Lipinski definition) is 1. The van der Waals surface area contributed by atoms with Gasteiger partial charge in [0.1, 0.15) is 17.0 Å². The summed E-state index contributed by atoms with van der Waals surface area (Å²) in [6.07, 6.45) is 5.39. The number of carbonyl (C=O) groups excluding carboxylic acids is 2. The van der Waals surface area contributed by atoms with Gasteiger partial charge in [0.15, 0.2) is 0 Å². The number of methoxy groups -OCH3 is 2. The van der Waals surface area contributed by atoms with Crippen LogP contribution in [0.2, 0.25) is 0 Å². The third-order valence-corrected chi connectivity index (χ3v) is 8.39. The van der Waals surface area contributed by atoms with Gasteiger partial charge < -0.3 is 14.8 Å². The summed E-state index contributed by atoms with van der Waals surface area (Å²) in [5.74, 6) is 0.0213. The van der Waals surface area contributed by atoms with Gasteiger partial charge in [0.25, 0.3) is 0 Å². The van der Waals surface area contributed by atoms with E-state index in [1.165, 1.54) is 19.1 Å². The summed E-state index contributed by atoms with van der Waals surface area (Å²) < 4.78 is 37.6. The number of nitrogens with zero attached hydrogens (tertiary/aromatic N) is 2. The topological polar surface area (TPSA) is 105 Å². The van der Waals surface area contributed by atoms with Gasteiger partial charge in [-0.1, -0.05) is 26.2 Å². The van der Waals surface area contributed by atoms with Crippen molar-refractivity contribution in [3.63, 3.8) is 0 Å². The molecule has 1 saturated heterocycles. The van der Waals surface area contributed by atoms with Gasteiger partial charge in [-0.2, -0.15) is 4.31 Å². The van der Waals surface area contributed by atoms with Gasteiger partial charge in [0.05, 0.1) is 32.2 Å². The molecule has 0 spiro atoms. The second-order valence-electron chi connectivity index (χ2n) is 8.97. The highest BCUT2D eigenvalue weighted by molar-refractivity contribution is 7.89. The number of ether oxygens (including phenoxy) is 2. The number of nitrogens with one attached hydrogen (secondary N) is 1. The Balaban J connectivity index is 2.04. The molecule has 10 heteroatoms. The molecule has 1 aromatic carbocycles. The zero-order valence-corrected chi connectivity index (χ0v) is 20.7. The molecule has 0 aromatic heterocycles. The Labute approximate surface area is 196 Å². The number of rotatable bonds is 8. The minimum absolute atomic E-state index is 0.0162. The fourth-order valence-corrected chi connectivity index (χ4v) is 6.19. The van der Waals surface area contributed by atoms with E-state index in [0.29, 0.717) is 23.6 Å². The lowest BCUT2D eigenvalue weighted by Crippen LogP contribution is -2.71. The van der Waals surface area contributed by atoms with Gasteiger partial charge in [-0.25, -0.2) is 8.42 Å². The Kier molecular flexibility index (Phi) is 7.89. The number of benzene rings is 1. The molecule has 2 fully saturated rings. The van der Waals surface area contributed by atoms with Gasteiger partial charge in [-0.3, -0.25) is 14.5 Å². The van der Waals surface area contributed by atoms with Crippen molar-refractivity contribution in [1.82, 2.24) is 9.62 Å². The molecule has 9 nitrogen and oxygen atoms in total. The first-order chi connectivity index (χ1) is 15.6. The van der Waals surface area contributed by atoms with E-state index in [1.807, 2.05) is 0 Å². The Morgan fingerprint density at radius 1 is 1.12 bits per heavy atom. The Morgan fingerprint density at radius 2 is 1.73 bits per heavy atom. The highest BCUT2D eigenvalue weighted by Crippen LogP contribution is 2.36. The smallest absolute Gasteiger partial charge is 0.247 e. The van der Waals surface area contributed by atoms with Gasteiger partial charge in [0, 0.05) is 30.8 Å². The van der Waals surface area contributed by atoms with E-state index in [-0.39, 0.29) is 30.8 Å². The normalized spacial score (nSPS) is 22.8. The van der Waals surface area contributed by atoms with Crippen molar-refractivity contribution in [3.8, 4) is 11.5 Å². The highest BCUT2D eigenvalue weighted by atomic mass is 32.2. The average molecular weight is 482 g/mol. The molecule has 1 aliphatic carbocycles. The van der Waals surface area contributed by atoms with Crippen LogP contribution >= 0.6 is 0 Å². The summed E-state index contributed by atoms with van der Waals surface area (Å²) in [5, 5.41) is 3.09. The van der Waals surface area contributed by atoms with Gasteiger partial charge in [0.2, 0.25) is 21.8 Å². The molecule has 0 radical (unpaired) electrons. The first kappa shape index (κ1) is 25.3. The molecular weight excluding hydrogens is 446 g/mol. The van der Waals surface area contributed by atoms with Crippen LogP contribution in [0.15, 0.2) is 18.2 Å². The van der Waals surface area contributed by atoms with Crippen LogP contribution in [0, 0.1) is 0 Å². The van der Waals surface area contributed by atoms with Crippen molar-refractivity contribution in [2.24, 2.45) is 0 Å². The van der Waals surface area contributed by atoms with Crippen LogP contribution in [0.4, 0.5) is 5.69 Å². The zero-order chi connectivity index (χ0) is 24.2. The summed E-state index contributed by atoms with van der Waals surface area (Å²) in [6, 6.07) is 5.00. The van der Waals surface area contributed by atoms with E-state index < -0.39 is 21.5 Å². The number of amides is 2. The van der Waals surface area contributed by atoms with Gasteiger partial charge in [-0.05, 0) is 26.2 Å². The van der Waals surface area contributed by atoms with E-state index in [4.69, 9.17) is 9.47 Å². The number of carbonyl (C=O) groups is 2. The van der Waals surface area contributed by atoms with Crippen LogP contribution in [0.5, 0.6) is 11.5 Å². The molecule has 0 bridgehead atoms. The van der Waals surface area contributed by atoms with E-state index in [0.717, 1.165) is 36.4 Å². The second kappa shape index (κ2) is 10.3. The Bertz CT molecular complexity index is 954. The number of piperazine rings is 1. The fraction of sp³-hybridized carbons (Fsp3) is 0.652. The van der Waals surface area contributed by atoms with Crippen molar-refractivity contribution in [1.29, 1.82) is 0 Å². The molecule has 2 aliphatic rings. The fourth-order valence-electron chi connectivity index (χ4n) is 4.66. The maximum absolute atomic E-state index is 13.7. The highest BCUT2D eigenvalue weighted by Gasteiger charge is 2.51. The number of anilines is 1. The molecule has 2 amide bonds. The molecule has 33 heavy (non-hydrogen) atoms. The third kappa shape index (κ3) is 5.43. The van der Waals surface area contributed by atoms with Gasteiger partial charge >= 0.3 is 0 Å². The van der Waals surface area contributed by atoms with Crippen LogP contribution < -0.4 is 19.7 Å². The van der Waals surface area contributed by atoms with Crippen LogP contribution in [0.1, 0.15) is 52.4 Å². The Hall–Kier alpha value is -2.33. The van der Waals surface area contributed by atoms with Gasteiger partial charge in [-0.15, -0.1) is 0 Å². The molecule has 0 unspecified atom stereocenters. The van der Waals surface area contributed by atoms with Crippen molar-refractivity contribution in [3.05, 3.63) is 18.2 Å². The summed E-state index contributed by atoms with van der Waals surface area (Å²) in [7, 11) is -0.670. The number of sulfonamides is 1. The molecule has 1 saturated carbocycles. The van der Waals surface area contributed by atoms with Crippen LogP contribution in [-0.4, -0.2) is 69.2 Å². The first-order valence-corrected chi connectivity index (χ1v) is 13.1. The zero-order valence-electron chi connectivity index (χ0n) is 19.9. The summed E-state index contributed by atoms with van der Waals surface area (Å²) in [5.41, 5.74) is -1.02. The van der Waals surface area contributed by atoms with E-state index in [1.54, 1.807) is 32.0 Å². The minimum atomic E-state index is -3.68. The van der Waals surface area contributed by atoms with E-state index in [9.17, 15) is 18.0 Å². The van der Waals surface area contributed by atoms with Crippen LogP contribution in [0.25, 0.3) is 0 Å². The first-order valence-electron chi connectivity index (χ1n) is 11.5. The molecule has 1 N–H and O–H groups in total. The molecule has 1 aliphatic heterocycles. The lowest BCUT2D eigenvalue weighted by atomic mass is 9.91. The molecule has 1 aromatic rings. The van der Waals surface area contributed by atoms with Crippen LogP contribution in [-0.2, 0) is 19.6 Å². The predicted octanol–water partition coefficient (Wildman–Crippen LogP) is 2.30. The van der Waals surface area contributed by atoms with Crippen molar-refractivity contribution >= 4 is 27.5 Å². The molecule has 3 rings (SSSR count). The SMILES string of the molecule is CCCS(=O)(=O)N1CC(=O)N(c2cc(OC)cc(OC)c2)[C@](C)(C(=O)NC2CCCCC2)C1. The maximum atomic E-state index is 13.7. The van der Waals surface area contributed by atoms with Crippen molar-refractivity contribution in [2.75, 3.05) is 38.0 Å². The van der Waals surface area contributed by atoms with Crippen molar-refractivity contribution in [2.45, 2.75) is 64.0 Å². The Morgan fingerprint density at radius 3 is 2.27 bits per heavy atom. The lowest BCUT2D eigenvalue weighted by Gasteiger charge is -2.47. The summed E-state index contributed by atoms with van der Waals surface area (Å²) >= 11 is 0. The van der Waals surface area contributed by atoms with Crippen molar-refractivity contribution < 1.29 is 27.5 Å². The van der Waals surface area contributed by atoms with Crippen LogP contribution in [0.3, 0.4) is 0 Å². The standard InChI is InChI=1S/C23H35N3O6S/c1-5-11-33(29,30)25-15-21(27)26(18-12-19(31-3)14-20(13-18)32-4)23(2,16-25)22(28)24-17-9-7-6-8-10-17/h12-14,17H,5-11,15-16H2,1-4H3,(H,24,28)/t23-/m0/s1. The average Bonchev–Trinajstić information content (AvgIpc) is 2.79. The molecule has 1 atom stereocenters. The van der Waals surface area contributed by atoms with E-state index in [2.05, 4.69) is 5.32 Å². The minimum Gasteiger partial charge on any atom is -0.497 e.